The molecule has 19 heavy (non-hydrogen) atoms. The summed E-state index contributed by atoms with van der Waals surface area (Å²) in [6, 6.07) is 2.01. The summed E-state index contributed by atoms with van der Waals surface area (Å²) in [5, 5.41) is 10.3. The first kappa shape index (κ1) is 14.0. The Morgan fingerprint density at radius 3 is 3.00 bits per heavy atom. The van der Waals surface area contributed by atoms with Gasteiger partial charge in [-0.1, -0.05) is 0 Å². The third-order valence-corrected chi connectivity index (χ3v) is 3.16. The number of hydrogen-bond donors (Lipinski definition) is 2. The molecule has 1 saturated heterocycles. The second-order valence-corrected chi connectivity index (χ2v) is 5.06. The topological polar surface area (TPSA) is 68.2 Å². The third kappa shape index (κ3) is 4.04. The van der Waals surface area contributed by atoms with Gasteiger partial charge in [0.1, 0.15) is 12.4 Å². The van der Waals surface area contributed by atoms with Gasteiger partial charge in [0.2, 0.25) is 0 Å². The van der Waals surface area contributed by atoms with E-state index in [4.69, 9.17) is 4.74 Å². The highest BCUT2D eigenvalue weighted by atomic mass is 16.5. The molecule has 6 heteroatoms. The number of carbonyl (C=O) groups is 1. The van der Waals surface area contributed by atoms with Gasteiger partial charge in [-0.25, -0.2) is 4.68 Å². The van der Waals surface area contributed by atoms with Crippen molar-refractivity contribution >= 4 is 11.7 Å². The van der Waals surface area contributed by atoms with Crippen LogP contribution in [0.2, 0.25) is 0 Å². The van der Waals surface area contributed by atoms with Crippen molar-refractivity contribution in [2.24, 2.45) is 0 Å². The molecule has 0 bridgehead atoms. The molecule has 2 rings (SSSR count). The van der Waals surface area contributed by atoms with E-state index in [9.17, 15) is 4.79 Å². The maximum atomic E-state index is 11.8. The molecule has 106 valence electrons. The summed E-state index contributed by atoms with van der Waals surface area (Å²) < 4.78 is 7.39. The van der Waals surface area contributed by atoms with Crippen molar-refractivity contribution in [1.82, 2.24) is 15.1 Å². The van der Waals surface area contributed by atoms with Crippen LogP contribution in [0.5, 0.6) is 0 Å². The number of nitrogens with zero attached hydrogens (tertiary/aromatic N) is 2. The molecule has 0 aliphatic carbocycles. The van der Waals surface area contributed by atoms with Crippen LogP contribution in [0, 0.1) is 0 Å². The predicted molar refractivity (Wildman–Crippen MR) is 73.1 cm³/mol. The number of nitrogens with one attached hydrogen (secondary N) is 2. The van der Waals surface area contributed by atoms with Gasteiger partial charge in [0.15, 0.2) is 0 Å². The molecule has 1 aliphatic heterocycles. The zero-order valence-corrected chi connectivity index (χ0v) is 11.6. The molecule has 0 aromatic carbocycles. The van der Waals surface area contributed by atoms with E-state index in [1.807, 2.05) is 13.8 Å². The van der Waals surface area contributed by atoms with E-state index in [0.29, 0.717) is 5.82 Å². The molecule has 2 heterocycles. The smallest absolute Gasteiger partial charge is 0.251 e. The first-order chi connectivity index (χ1) is 9.16. The Kier molecular flexibility index (Phi) is 4.93. The predicted octanol–water partition coefficient (Wildman–Crippen LogP) is 1.17. The van der Waals surface area contributed by atoms with Crippen LogP contribution in [-0.4, -0.2) is 41.5 Å². The van der Waals surface area contributed by atoms with E-state index in [-0.39, 0.29) is 24.7 Å². The van der Waals surface area contributed by atoms with Gasteiger partial charge in [-0.05, 0) is 39.8 Å². The van der Waals surface area contributed by atoms with Crippen molar-refractivity contribution in [3.63, 3.8) is 0 Å². The highest BCUT2D eigenvalue weighted by molar-refractivity contribution is 5.90. The second kappa shape index (κ2) is 6.68. The molecule has 1 aromatic rings. The summed E-state index contributed by atoms with van der Waals surface area (Å²) >= 11 is 0. The Labute approximate surface area is 113 Å². The molecule has 0 atom stereocenters. The molecule has 0 spiro atoms. The van der Waals surface area contributed by atoms with Gasteiger partial charge < -0.3 is 15.4 Å². The van der Waals surface area contributed by atoms with Gasteiger partial charge in [0.05, 0.1) is 12.3 Å². The summed E-state index contributed by atoms with van der Waals surface area (Å²) in [6.07, 6.45) is 3.82. The molecule has 0 unspecified atom stereocenters. The highest BCUT2D eigenvalue weighted by Crippen LogP contribution is 2.13. The number of ether oxygens (including phenoxy) is 1. The number of rotatable bonds is 5. The minimum atomic E-state index is -0.124. The molecule has 0 saturated carbocycles. The lowest BCUT2D eigenvalue weighted by Gasteiger charge is -2.22. The number of piperidine rings is 1. The van der Waals surface area contributed by atoms with Gasteiger partial charge in [0.25, 0.3) is 5.91 Å². The fourth-order valence-electron chi connectivity index (χ4n) is 2.16. The lowest BCUT2D eigenvalue weighted by Crippen LogP contribution is -2.34. The minimum absolute atomic E-state index is 0.105. The second-order valence-electron chi connectivity index (χ2n) is 5.06. The largest absolute Gasteiger partial charge is 0.368 e. The molecule has 1 aromatic heterocycles. The summed E-state index contributed by atoms with van der Waals surface area (Å²) in [6.45, 7) is 6.08. The van der Waals surface area contributed by atoms with Gasteiger partial charge in [-0.15, -0.1) is 0 Å². The number of carbonyl (C=O) groups excluding carboxylic acids is 1. The maximum absolute atomic E-state index is 11.8. The molecule has 1 fully saturated rings. The van der Waals surface area contributed by atoms with Crippen LogP contribution in [0.4, 0.5) is 5.82 Å². The van der Waals surface area contributed by atoms with Crippen LogP contribution in [0.15, 0.2) is 12.3 Å². The van der Waals surface area contributed by atoms with Gasteiger partial charge in [0, 0.05) is 12.1 Å². The van der Waals surface area contributed by atoms with Crippen molar-refractivity contribution in [2.45, 2.75) is 38.8 Å². The van der Waals surface area contributed by atoms with Crippen LogP contribution in [0.25, 0.3) is 0 Å². The minimum Gasteiger partial charge on any atom is -0.368 e. The highest BCUT2D eigenvalue weighted by Gasteiger charge is 2.15. The van der Waals surface area contributed by atoms with E-state index in [1.54, 1.807) is 16.9 Å². The lowest BCUT2D eigenvalue weighted by atomic mass is 10.1. The van der Waals surface area contributed by atoms with Crippen molar-refractivity contribution in [1.29, 1.82) is 0 Å². The van der Waals surface area contributed by atoms with E-state index < -0.39 is 0 Å². The van der Waals surface area contributed by atoms with Gasteiger partial charge >= 0.3 is 0 Å². The first-order valence-electron chi connectivity index (χ1n) is 6.82. The average Bonchev–Trinajstić information content (AvgIpc) is 2.86. The summed E-state index contributed by atoms with van der Waals surface area (Å²) in [5.41, 5.74) is 0. The van der Waals surface area contributed by atoms with Crippen LogP contribution in [-0.2, 0) is 9.53 Å². The Hall–Kier alpha value is -1.40. The summed E-state index contributed by atoms with van der Waals surface area (Å²) in [7, 11) is 0. The van der Waals surface area contributed by atoms with Crippen LogP contribution in [0.1, 0.15) is 32.7 Å². The zero-order chi connectivity index (χ0) is 13.7. The Morgan fingerprint density at radius 1 is 1.58 bits per heavy atom. The number of amides is 1. The van der Waals surface area contributed by atoms with E-state index in [2.05, 4.69) is 15.7 Å². The van der Waals surface area contributed by atoms with Crippen molar-refractivity contribution in [3.05, 3.63) is 12.3 Å². The average molecular weight is 266 g/mol. The molecule has 1 amide bonds. The summed E-state index contributed by atoms with van der Waals surface area (Å²) in [4.78, 5) is 11.8. The number of hydrogen-bond acceptors (Lipinski definition) is 4. The Morgan fingerprint density at radius 2 is 2.32 bits per heavy atom. The van der Waals surface area contributed by atoms with Crippen molar-refractivity contribution in [2.75, 3.05) is 25.0 Å². The monoisotopic (exact) mass is 266 g/mol. The van der Waals surface area contributed by atoms with Gasteiger partial charge in [-0.2, -0.15) is 5.10 Å². The molecule has 2 N–H and O–H groups in total. The fourth-order valence-corrected chi connectivity index (χ4v) is 2.16. The molecule has 0 radical (unpaired) electrons. The molecule has 6 nitrogen and oxygen atoms in total. The van der Waals surface area contributed by atoms with E-state index in [1.165, 1.54) is 0 Å². The van der Waals surface area contributed by atoms with E-state index in [0.717, 1.165) is 25.9 Å². The van der Waals surface area contributed by atoms with Crippen LogP contribution < -0.4 is 10.6 Å². The Balaban J connectivity index is 1.78. The molecular formula is C13H22N4O2. The van der Waals surface area contributed by atoms with Crippen LogP contribution >= 0.6 is 0 Å². The standard InChI is InChI=1S/C13H22N4O2/c1-10(2)17-12(5-8-15-17)16-13(18)9-19-11-3-6-14-7-4-11/h5,8,10-11,14H,3-4,6-7,9H2,1-2H3,(H,16,18). The van der Waals surface area contributed by atoms with Crippen molar-refractivity contribution in [3.8, 4) is 0 Å². The van der Waals surface area contributed by atoms with Gasteiger partial charge in [-0.3, -0.25) is 4.79 Å². The SMILES string of the molecule is CC(C)n1nccc1NC(=O)COC1CCNCC1. The van der Waals surface area contributed by atoms with E-state index >= 15 is 0 Å². The maximum Gasteiger partial charge on any atom is 0.251 e. The number of anilines is 1. The Bertz CT molecular complexity index is 411. The fraction of sp³-hybridized carbons (Fsp3) is 0.692. The normalized spacial score (nSPS) is 16.8. The molecule has 1 aliphatic rings. The zero-order valence-electron chi connectivity index (χ0n) is 11.6. The quantitative estimate of drug-likeness (QED) is 0.839. The third-order valence-electron chi connectivity index (χ3n) is 3.16. The lowest BCUT2D eigenvalue weighted by molar-refractivity contribution is -0.123. The molecular weight excluding hydrogens is 244 g/mol. The van der Waals surface area contributed by atoms with Crippen LogP contribution in [0.3, 0.4) is 0 Å². The summed E-state index contributed by atoms with van der Waals surface area (Å²) in [5.74, 6) is 0.592. The number of aromatic nitrogens is 2. The first-order valence-corrected chi connectivity index (χ1v) is 6.82. The van der Waals surface area contributed by atoms with Crippen molar-refractivity contribution < 1.29 is 9.53 Å².